The fourth-order valence-electron chi connectivity index (χ4n) is 2.36. The van der Waals surface area contributed by atoms with E-state index in [0.29, 0.717) is 10.6 Å². The van der Waals surface area contributed by atoms with Crippen LogP contribution in [0, 0.1) is 0 Å². The van der Waals surface area contributed by atoms with Gasteiger partial charge >= 0.3 is 0 Å². The first-order valence-electron chi connectivity index (χ1n) is 7.72. The van der Waals surface area contributed by atoms with Crippen molar-refractivity contribution in [1.82, 2.24) is 15.1 Å². The highest BCUT2D eigenvalue weighted by atomic mass is 35.5. The van der Waals surface area contributed by atoms with Crippen molar-refractivity contribution in [2.75, 3.05) is 6.54 Å². The summed E-state index contributed by atoms with van der Waals surface area (Å²) >= 11 is 7.58. The number of aromatic nitrogens is 2. The molecule has 1 unspecified atom stereocenters. The minimum atomic E-state index is -0.293. The Morgan fingerprint density at radius 2 is 2.04 bits per heavy atom. The van der Waals surface area contributed by atoms with Crippen LogP contribution in [0.4, 0.5) is 0 Å². The second kappa shape index (κ2) is 7.63. The van der Waals surface area contributed by atoms with E-state index >= 15 is 0 Å². The molecule has 1 atom stereocenters. The summed E-state index contributed by atoms with van der Waals surface area (Å²) in [5.41, 5.74) is 0.933. The highest BCUT2D eigenvalue weighted by molar-refractivity contribution is 7.13. The molecule has 7 heteroatoms. The third kappa shape index (κ3) is 3.97. The normalized spacial score (nSPS) is 11.9. The number of amides is 1. The van der Waals surface area contributed by atoms with Crippen molar-refractivity contribution >= 4 is 28.8 Å². The summed E-state index contributed by atoms with van der Waals surface area (Å²) in [5.74, 6) is -0.278. The van der Waals surface area contributed by atoms with Crippen LogP contribution in [-0.2, 0) is 0 Å². The number of rotatable bonds is 5. The molecule has 0 fully saturated rings. The molecule has 1 amide bonds. The summed E-state index contributed by atoms with van der Waals surface area (Å²) in [7, 11) is 0. The Labute approximate surface area is 153 Å². The average molecular weight is 374 g/mol. The predicted molar refractivity (Wildman–Crippen MR) is 100 cm³/mol. The molecule has 3 aromatic rings. The molecular formula is C18H16ClN3O2S. The number of halogens is 1. The Morgan fingerprint density at radius 1 is 1.24 bits per heavy atom. The van der Waals surface area contributed by atoms with E-state index in [1.165, 1.54) is 10.7 Å². The van der Waals surface area contributed by atoms with Crippen molar-refractivity contribution in [2.45, 2.75) is 13.0 Å². The SMILES string of the molecule is CC(CNC(=O)c1ccccc1Cl)n1nc(-c2cccs2)ccc1=O. The summed E-state index contributed by atoms with van der Waals surface area (Å²) < 4.78 is 1.39. The zero-order valence-corrected chi connectivity index (χ0v) is 15.1. The molecule has 0 spiro atoms. The van der Waals surface area contributed by atoms with Gasteiger partial charge in [-0.2, -0.15) is 5.10 Å². The van der Waals surface area contributed by atoms with E-state index in [4.69, 9.17) is 11.6 Å². The largest absolute Gasteiger partial charge is 0.350 e. The lowest BCUT2D eigenvalue weighted by Crippen LogP contribution is -2.35. The van der Waals surface area contributed by atoms with Crippen molar-refractivity contribution in [3.05, 3.63) is 74.9 Å². The molecule has 5 nitrogen and oxygen atoms in total. The molecule has 0 aliphatic heterocycles. The van der Waals surface area contributed by atoms with E-state index in [1.54, 1.807) is 41.7 Å². The van der Waals surface area contributed by atoms with Crippen LogP contribution in [0.3, 0.4) is 0 Å². The van der Waals surface area contributed by atoms with Gasteiger partial charge in [0.1, 0.15) is 5.69 Å². The molecule has 3 rings (SSSR count). The number of hydrogen-bond donors (Lipinski definition) is 1. The topological polar surface area (TPSA) is 64.0 Å². The van der Waals surface area contributed by atoms with Crippen LogP contribution in [0.15, 0.2) is 58.7 Å². The average Bonchev–Trinajstić information content (AvgIpc) is 3.15. The van der Waals surface area contributed by atoms with Crippen LogP contribution in [0.25, 0.3) is 10.6 Å². The zero-order chi connectivity index (χ0) is 17.8. The van der Waals surface area contributed by atoms with Gasteiger partial charge in [-0.1, -0.05) is 29.8 Å². The fraction of sp³-hybridized carbons (Fsp3) is 0.167. The number of thiophene rings is 1. The lowest BCUT2D eigenvalue weighted by molar-refractivity contribution is 0.0947. The van der Waals surface area contributed by atoms with Crippen LogP contribution >= 0.6 is 22.9 Å². The molecule has 0 saturated carbocycles. The highest BCUT2D eigenvalue weighted by Gasteiger charge is 2.14. The fourth-order valence-corrected chi connectivity index (χ4v) is 3.28. The predicted octanol–water partition coefficient (Wildman–Crippen LogP) is 3.62. The summed E-state index contributed by atoms with van der Waals surface area (Å²) in [6.45, 7) is 2.10. The lowest BCUT2D eigenvalue weighted by Gasteiger charge is -2.15. The molecule has 0 aliphatic carbocycles. The van der Waals surface area contributed by atoms with Crippen molar-refractivity contribution in [3.8, 4) is 10.6 Å². The van der Waals surface area contributed by atoms with Gasteiger partial charge in [0.2, 0.25) is 0 Å². The van der Waals surface area contributed by atoms with Gasteiger partial charge in [-0.3, -0.25) is 9.59 Å². The number of nitrogens with one attached hydrogen (secondary N) is 1. The van der Waals surface area contributed by atoms with Gasteiger partial charge < -0.3 is 5.32 Å². The Balaban J connectivity index is 1.74. The summed E-state index contributed by atoms with van der Waals surface area (Å²) in [5, 5.41) is 9.57. The Morgan fingerprint density at radius 3 is 2.76 bits per heavy atom. The number of benzene rings is 1. The van der Waals surface area contributed by atoms with Gasteiger partial charge in [0.25, 0.3) is 11.5 Å². The van der Waals surface area contributed by atoms with Crippen molar-refractivity contribution < 1.29 is 4.79 Å². The second-order valence-electron chi connectivity index (χ2n) is 5.52. The van der Waals surface area contributed by atoms with Crippen LogP contribution < -0.4 is 10.9 Å². The molecule has 0 aliphatic rings. The van der Waals surface area contributed by atoms with Gasteiger partial charge in [0.15, 0.2) is 0 Å². The van der Waals surface area contributed by atoms with E-state index < -0.39 is 0 Å². The number of carbonyl (C=O) groups excluding carboxylic acids is 1. The summed E-state index contributed by atoms with van der Waals surface area (Å²) in [4.78, 5) is 25.3. The first-order chi connectivity index (χ1) is 12.1. The number of hydrogen-bond acceptors (Lipinski definition) is 4. The van der Waals surface area contributed by atoms with Crippen LogP contribution in [0.2, 0.25) is 5.02 Å². The Hall–Kier alpha value is -2.44. The van der Waals surface area contributed by atoms with Crippen LogP contribution in [0.1, 0.15) is 23.3 Å². The van der Waals surface area contributed by atoms with E-state index in [2.05, 4.69) is 10.4 Å². The van der Waals surface area contributed by atoms with Crippen molar-refractivity contribution in [3.63, 3.8) is 0 Å². The molecule has 0 saturated heterocycles. The number of carbonyl (C=O) groups is 1. The van der Waals surface area contributed by atoms with Gasteiger partial charge in [0, 0.05) is 12.6 Å². The Bertz CT molecular complexity index is 937. The van der Waals surface area contributed by atoms with E-state index in [9.17, 15) is 9.59 Å². The second-order valence-corrected chi connectivity index (χ2v) is 6.87. The first kappa shape index (κ1) is 17.4. The smallest absolute Gasteiger partial charge is 0.267 e. The van der Waals surface area contributed by atoms with Gasteiger partial charge in [-0.25, -0.2) is 4.68 Å². The van der Waals surface area contributed by atoms with Gasteiger partial charge in [-0.05, 0) is 36.6 Å². The molecule has 25 heavy (non-hydrogen) atoms. The maximum atomic E-state index is 12.2. The summed E-state index contributed by atoms with van der Waals surface area (Å²) in [6, 6.07) is 13.6. The molecular weight excluding hydrogens is 358 g/mol. The summed E-state index contributed by atoms with van der Waals surface area (Å²) in [6.07, 6.45) is 0. The van der Waals surface area contributed by atoms with Crippen LogP contribution in [0.5, 0.6) is 0 Å². The Kier molecular flexibility index (Phi) is 5.31. The van der Waals surface area contributed by atoms with Crippen molar-refractivity contribution in [2.24, 2.45) is 0 Å². The maximum Gasteiger partial charge on any atom is 0.267 e. The molecule has 1 N–H and O–H groups in total. The van der Waals surface area contributed by atoms with E-state index in [-0.39, 0.29) is 24.1 Å². The van der Waals surface area contributed by atoms with Gasteiger partial charge in [0.05, 0.1) is 21.5 Å². The molecule has 2 aromatic heterocycles. The standard InChI is InChI=1S/C18H16ClN3O2S/c1-12(11-20-18(24)13-5-2-3-6-14(13)19)22-17(23)9-8-15(21-22)16-7-4-10-25-16/h2-10,12H,11H2,1H3,(H,20,24). The third-order valence-electron chi connectivity index (χ3n) is 3.69. The monoisotopic (exact) mass is 373 g/mol. The highest BCUT2D eigenvalue weighted by Crippen LogP contribution is 2.21. The molecule has 128 valence electrons. The minimum Gasteiger partial charge on any atom is -0.350 e. The van der Waals surface area contributed by atoms with Gasteiger partial charge in [-0.15, -0.1) is 11.3 Å². The molecule has 1 aromatic carbocycles. The number of nitrogens with zero attached hydrogens (tertiary/aromatic N) is 2. The molecule has 0 radical (unpaired) electrons. The third-order valence-corrected chi connectivity index (χ3v) is 4.91. The maximum absolute atomic E-state index is 12.2. The molecule has 0 bridgehead atoms. The first-order valence-corrected chi connectivity index (χ1v) is 8.98. The minimum absolute atomic E-state index is 0.209. The lowest BCUT2D eigenvalue weighted by atomic mass is 10.2. The quantitative estimate of drug-likeness (QED) is 0.743. The van der Waals surface area contributed by atoms with Crippen LogP contribution in [-0.4, -0.2) is 22.2 Å². The van der Waals surface area contributed by atoms with E-state index in [1.807, 2.05) is 24.4 Å². The zero-order valence-electron chi connectivity index (χ0n) is 13.5. The van der Waals surface area contributed by atoms with E-state index in [0.717, 1.165) is 10.6 Å². The van der Waals surface area contributed by atoms with Crippen molar-refractivity contribution in [1.29, 1.82) is 0 Å². The molecule has 2 heterocycles.